The van der Waals surface area contributed by atoms with E-state index in [4.69, 9.17) is 4.74 Å². The fourth-order valence-corrected chi connectivity index (χ4v) is 6.93. The van der Waals surface area contributed by atoms with Gasteiger partial charge in [-0.15, -0.1) is 11.3 Å². The van der Waals surface area contributed by atoms with E-state index >= 15 is 0 Å². The van der Waals surface area contributed by atoms with Crippen molar-refractivity contribution < 1.29 is 53.8 Å². The molecule has 1 atom stereocenters. The van der Waals surface area contributed by atoms with E-state index in [2.05, 4.69) is 4.98 Å². The van der Waals surface area contributed by atoms with Crippen molar-refractivity contribution in [1.82, 2.24) is 9.29 Å². The largest absolute Gasteiger partial charge is 0.487 e. The maximum absolute atomic E-state index is 14.2. The van der Waals surface area contributed by atoms with Crippen LogP contribution in [0.5, 0.6) is 5.75 Å². The van der Waals surface area contributed by atoms with Gasteiger partial charge in [0.25, 0.3) is 5.92 Å². The molecule has 8 nitrogen and oxygen atoms in total. The molecule has 1 aromatic carbocycles. The third kappa shape index (κ3) is 6.15. The van der Waals surface area contributed by atoms with Crippen molar-refractivity contribution in [2.75, 3.05) is 18.5 Å². The summed E-state index contributed by atoms with van der Waals surface area (Å²) in [6, 6.07) is -1.09. The number of benzene rings is 1. The van der Waals surface area contributed by atoms with Crippen LogP contribution in [0.2, 0.25) is 0 Å². The number of fused-ring (bicyclic) bond motifs is 1. The zero-order valence-electron chi connectivity index (χ0n) is 21.0. The minimum absolute atomic E-state index is 0.0329. The van der Waals surface area contributed by atoms with Gasteiger partial charge in [-0.05, 0) is 19.4 Å². The van der Waals surface area contributed by atoms with Gasteiger partial charge in [0, 0.05) is 51.0 Å². The molecule has 0 radical (unpaired) electrons. The molecule has 2 aliphatic rings. The van der Waals surface area contributed by atoms with Crippen LogP contribution in [0.15, 0.2) is 22.5 Å². The summed E-state index contributed by atoms with van der Waals surface area (Å²) >= 11 is 0.800. The van der Waals surface area contributed by atoms with Crippen molar-refractivity contribution in [3.8, 4) is 5.75 Å². The molecule has 1 fully saturated rings. The Kier molecular flexibility index (Phi) is 7.81. The summed E-state index contributed by atoms with van der Waals surface area (Å²) in [5.74, 6) is -8.67. The number of anilines is 1. The van der Waals surface area contributed by atoms with Crippen molar-refractivity contribution in [2.24, 2.45) is 0 Å². The Morgan fingerprint density at radius 1 is 1.23 bits per heavy atom. The Hall–Kier alpha value is -2.66. The third-order valence-electron chi connectivity index (χ3n) is 6.88. The van der Waals surface area contributed by atoms with Crippen LogP contribution in [-0.4, -0.2) is 66.3 Å². The first-order valence-corrected chi connectivity index (χ1v) is 14.2. The molecular weight excluding hydrogens is 595 g/mol. The first-order valence-electron chi connectivity index (χ1n) is 11.8. The number of halogens is 7. The molecule has 222 valence electrons. The maximum Gasteiger partial charge on any atom is 0.420 e. The van der Waals surface area contributed by atoms with E-state index in [1.165, 1.54) is 0 Å². The first kappa shape index (κ1) is 30.3. The molecule has 0 unspecified atom stereocenters. The van der Waals surface area contributed by atoms with Crippen molar-refractivity contribution in [1.29, 1.82) is 0 Å². The number of aromatic nitrogens is 1. The number of rotatable bonds is 8. The van der Waals surface area contributed by atoms with Crippen LogP contribution < -0.4 is 9.64 Å². The predicted molar refractivity (Wildman–Crippen MR) is 129 cm³/mol. The second-order valence-electron chi connectivity index (χ2n) is 9.89. The average molecular weight is 620 g/mol. The van der Waals surface area contributed by atoms with Crippen molar-refractivity contribution in [3.05, 3.63) is 33.8 Å². The Morgan fingerprint density at radius 3 is 2.42 bits per heavy atom. The fourth-order valence-electron chi connectivity index (χ4n) is 4.69. The zero-order chi connectivity index (χ0) is 29.8. The molecule has 2 heterocycles. The summed E-state index contributed by atoms with van der Waals surface area (Å²) in [5, 5.41) is 9.21. The highest BCUT2D eigenvalue weighted by atomic mass is 32.2. The van der Waals surface area contributed by atoms with Crippen molar-refractivity contribution in [3.63, 3.8) is 0 Å². The molecule has 17 heteroatoms. The molecule has 1 aromatic heterocycles. The third-order valence-corrected chi connectivity index (χ3v) is 9.63. The van der Waals surface area contributed by atoms with Gasteiger partial charge in [-0.1, -0.05) is 0 Å². The Morgan fingerprint density at radius 2 is 1.88 bits per heavy atom. The summed E-state index contributed by atoms with van der Waals surface area (Å²) in [7, 11) is -3.54. The van der Waals surface area contributed by atoms with Crippen molar-refractivity contribution in [2.45, 2.75) is 74.2 Å². The van der Waals surface area contributed by atoms with E-state index in [0.29, 0.717) is 19.1 Å². The molecule has 4 rings (SSSR count). The number of hydrogen-bond acceptors (Lipinski definition) is 7. The molecule has 0 spiro atoms. The fraction of sp³-hybridized carbons (Fsp3) is 0.565. The van der Waals surface area contributed by atoms with Gasteiger partial charge in [-0.2, -0.15) is 17.5 Å². The number of nitrogens with zero attached hydrogens (tertiary/aromatic N) is 3. The molecule has 2 aromatic rings. The predicted octanol–water partition coefficient (Wildman–Crippen LogP) is 5.48. The molecule has 1 N–H and O–H groups in total. The minimum atomic E-state index is -5.09. The van der Waals surface area contributed by atoms with Gasteiger partial charge in [-0.25, -0.2) is 35.8 Å². The number of likely N-dealkylation sites (N-methyl/N-ethyl adjacent to an activating group) is 1. The summed E-state index contributed by atoms with van der Waals surface area (Å²) < 4.78 is 131. The lowest BCUT2D eigenvalue weighted by molar-refractivity contribution is -0.139. The van der Waals surface area contributed by atoms with Crippen molar-refractivity contribution >= 4 is 33.0 Å². The van der Waals surface area contributed by atoms with Crippen LogP contribution >= 0.6 is 11.3 Å². The second-order valence-corrected chi connectivity index (χ2v) is 12.8. The Balaban J connectivity index is 1.82. The number of ether oxygens (including phenoxy) is 1. The van der Waals surface area contributed by atoms with E-state index in [9.17, 15) is 49.1 Å². The quantitative estimate of drug-likeness (QED) is 0.391. The number of hydrogen-bond donors (Lipinski definition) is 1. The number of alkyl halides is 7. The van der Waals surface area contributed by atoms with Crippen LogP contribution in [0.1, 0.15) is 53.5 Å². The summed E-state index contributed by atoms with van der Waals surface area (Å²) in [5.41, 5.74) is -1.22. The van der Waals surface area contributed by atoms with E-state index in [0.717, 1.165) is 33.1 Å². The van der Waals surface area contributed by atoms with E-state index in [1.54, 1.807) is 0 Å². The highest BCUT2D eigenvalue weighted by molar-refractivity contribution is 7.89. The van der Waals surface area contributed by atoms with Gasteiger partial charge in [0.1, 0.15) is 17.3 Å². The SMILES string of the molecule is CN1[C@H](CCC(C)(F)F)CN(C2CC(F)(F)C2)c2cc(C(F)(F)F)c(OCc3scnc3C(=O)O)cc2S1(=O)=O. The van der Waals surface area contributed by atoms with Crippen LogP contribution in [0.3, 0.4) is 0 Å². The normalized spacial score (nSPS) is 21.4. The Bertz CT molecular complexity index is 1380. The van der Waals surface area contributed by atoms with Crippen LogP contribution in [-0.2, 0) is 22.8 Å². The number of carbonyl (C=O) groups is 1. The molecule has 1 aliphatic heterocycles. The molecule has 1 saturated carbocycles. The molecule has 0 saturated heterocycles. The topological polar surface area (TPSA) is 100 Å². The summed E-state index contributed by atoms with van der Waals surface area (Å²) in [6.45, 7) is -0.438. The molecule has 1 aliphatic carbocycles. The van der Waals surface area contributed by atoms with E-state index in [-0.39, 0.29) is 17.8 Å². The highest BCUT2D eigenvalue weighted by Gasteiger charge is 2.51. The Labute approximate surface area is 228 Å². The lowest BCUT2D eigenvalue weighted by Gasteiger charge is -2.44. The van der Waals surface area contributed by atoms with Crippen LogP contribution in [0.25, 0.3) is 0 Å². The zero-order valence-corrected chi connectivity index (χ0v) is 22.6. The number of thiazole rings is 1. The second kappa shape index (κ2) is 10.3. The lowest BCUT2D eigenvalue weighted by atomic mass is 9.86. The lowest BCUT2D eigenvalue weighted by Crippen LogP contribution is -2.54. The number of aromatic carboxylic acids is 1. The first-order chi connectivity index (χ1) is 18.3. The van der Waals surface area contributed by atoms with Gasteiger partial charge in [-0.3, -0.25) is 0 Å². The van der Waals surface area contributed by atoms with Gasteiger partial charge >= 0.3 is 12.1 Å². The summed E-state index contributed by atoms with van der Waals surface area (Å²) in [4.78, 5) is 15.3. The maximum atomic E-state index is 14.2. The smallest absolute Gasteiger partial charge is 0.420 e. The number of sulfonamides is 1. The van der Waals surface area contributed by atoms with Gasteiger partial charge < -0.3 is 14.7 Å². The average Bonchev–Trinajstić information content (AvgIpc) is 3.26. The van der Waals surface area contributed by atoms with Gasteiger partial charge in [0.2, 0.25) is 15.9 Å². The van der Waals surface area contributed by atoms with Crippen LogP contribution in [0.4, 0.5) is 36.4 Å². The molecule has 40 heavy (non-hydrogen) atoms. The minimum Gasteiger partial charge on any atom is -0.487 e. The van der Waals surface area contributed by atoms with Crippen LogP contribution in [0, 0.1) is 0 Å². The van der Waals surface area contributed by atoms with Gasteiger partial charge in [0.05, 0.1) is 21.6 Å². The van der Waals surface area contributed by atoms with Gasteiger partial charge in [0.15, 0.2) is 5.69 Å². The standard InChI is InChI=1S/C23H24F7N3O5S2/c1-21(24,25)4-3-12-9-33(13-7-22(26,27)8-13)15-5-14(23(28,29)30)16(6-18(15)40(36,37)32(12)2)38-10-17-19(20(34)35)31-11-39-17/h5-6,11-13H,3-4,7-10H2,1-2H3,(H,34,35)/t12-/m1/s1. The molecule has 0 bridgehead atoms. The summed E-state index contributed by atoms with van der Waals surface area (Å²) in [6.07, 6.45) is -7.72. The van der Waals surface area contributed by atoms with E-state index in [1.807, 2.05) is 0 Å². The molecule has 0 amide bonds. The highest BCUT2D eigenvalue weighted by Crippen LogP contribution is 2.48. The molecular formula is C23H24F7N3O5S2. The number of carboxylic acids is 1. The van der Waals surface area contributed by atoms with E-state index < -0.39 is 99.6 Å². The number of carboxylic acid groups (broad SMARTS) is 1. The monoisotopic (exact) mass is 619 g/mol.